The van der Waals surface area contributed by atoms with Crippen molar-refractivity contribution in [3.63, 3.8) is 0 Å². The van der Waals surface area contributed by atoms with Crippen molar-refractivity contribution >= 4 is 41.0 Å². The molecule has 4 amide bonds. The summed E-state index contributed by atoms with van der Waals surface area (Å²) in [5, 5.41) is 5.52. The van der Waals surface area contributed by atoms with E-state index in [2.05, 4.69) is 10.6 Å². The topological polar surface area (TPSA) is 75.3 Å². The minimum atomic E-state index is -1.43. The Labute approximate surface area is 154 Å². The number of barbiturate groups is 1. The fourth-order valence-electron chi connectivity index (χ4n) is 2.86. The number of halogens is 2. The first-order valence-electron chi connectivity index (χ1n) is 7.55. The molecule has 3 rings (SSSR count). The van der Waals surface area contributed by atoms with Crippen LogP contribution in [0.15, 0.2) is 48.5 Å². The number of nitrogens with one attached hydrogen (secondary N) is 2. The number of amides is 4. The van der Waals surface area contributed by atoms with Crippen molar-refractivity contribution in [1.82, 2.24) is 10.6 Å². The molecule has 1 saturated heterocycles. The van der Waals surface area contributed by atoms with Crippen LogP contribution in [0.3, 0.4) is 0 Å². The predicted octanol–water partition coefficient (Wildman–Crippen LogP) is 3.13. The third-order valence-corrected chi connectivity index (χ3v) is 4.67. The Balaban J connectivity index is 1.99. The molecule has 0 spiro atoms. The standard InChI is InChI=1S/C18H14Cl2N2O3/c19-13-5-1-11(2-6-13)9-18(10-12-3-7-14(20)8-4-12)15(23)21-17(25)22-16(18)24/h1-8H,9-10H2,(H2,21,22,23,24,25). The molecule has 128 valence electrons. The first kappa shape index (κ1) is 17.5. The monoisotopic (exact) mass is 376 g/mol. The number of urea groups is 1. The zero-order valence-electron chi connectivity index (χ0n) is 13.0. The number of hydrogen-bond acceptors (Lipinski definition) is 3. The first-order chi connectivity index (χ1) is 11.9. The lowest BCUT2D eigenvalue weighted by molar-refractivity contribution is -0.144. The van der Waals surface area contributed by atoms with E-state index in [1.54, 1.807) is 48.5 Å². The highest BCUT2D eigenvalue weighted by atomic mass is 35.5. The van der Waals surface area contributed by atoms with Crippen LogP contribution in [0, 0.1) is 5.41 Å². The zero-order valence-corrected chi connectivity index (χ0v) is 14.5. The Morgan fingerprint density at radius 2 is 1.04 bits per heavy atom. The van der Waals surface area contributed by atoms with Gasteiger partial charge in [-0.2, -0.15) is 0 Å². The van der Waals surface area contributed by atoms with Gasteiger partial charge in [0.25, 0.3) is 0 Å². The van der Waals surface area contributed by atoms with Crippen molar-refractivity contribution in [1.29, 1.82) is 0 Å². The van der Waals surface area contributed by atoms with E-state index < -0.39 is 23.3 Å². The molecule has 0 aromatic heterocycles. The summed E-state index contributed by atoms with van der Waals surface area (Å²) in [4.78, 5) is 36.7. The fourth-order valence-corrected chi connectivity index (χ4v) is 3.12. The number of carbonyl (C=O) groups excluding carboxylic acids is 3. The maximum absolute atomic E-state index is 12.6. The van der Waals surface area contributed by atoms with E-state index in [4.69, 9.17) is 23.2 Å². The van der Waals surface area contributed by atoms with E-state index in [0.717, 1.165) is 11.1 Å². The number of benzene rings is 2. The lowest BCUT2D eigenvalue weighted by atomic mass is 9.74. The number of hydrogen-bond donors (Lipinski definition) is 2. The zero-order chi connectivity index (χ0) is 18.0. The van der Waals surface area contributed by atoms with Crippen molar-refractivity contribution < 1.29 is 14.4 Å². The van der Waals surface area contributed by atoms with Crippen molar-refractivity contribution in [2.45, 2.75) is 12.8 Å². The lowest BCUT2D eigenvalue weighted by Gasteiger charge is -2.34. The van der Waals surface area contributed by atoms with Crippen LogP contribution in [0.5, 0.6) is 0 Å². The molecule has 0 saturated carbocycles. The summed E-state index contributed by atoms with van der Waals surface area (Å²) in [6.07, 6.45) is 0.273. The van der Waals surface area contributed by atoms with Crippen molar-refractivity contribution in [3.8, 4) is 0 Å². The van der Waals surface area contributed by atoms with Crippen LogP contribution < -0.4 is 10.6 Å². The Kier molecular flexibility index (Phi) is 4.79. The van der Waals surface area contributed by atoms with Gasteiger partial charge in [-0.1, -0.05) is 47.5 Å². The predicted molar refractivity (Wildman–Crippen MR) is 94.4 cm³/mol. The van der Waals surface area contributed by atoms with E-state index in [9.17, 15) is 14.4 Å². The van der Waals surface area contributed by atoms with Crippen molar-refractivity contribution in [2.24, 2.45) is 5.41 Å². The van der Waals surface area contributed by atoms with Gasteiger partial charge in [0.15, 0.2) is 0 Å². The van der Waals surface area contributed by atoms with E-state index in [1.807, 2.05) is 0 Å². The molecule has 2 aromatic rings. The average molecular weight is 377 g/mol. The molecule has 0 aliphatic carbocycles. The lowest BCUT2D eigenvalue weighted by Crippen LogP contribution is -2.64. The number of carbonyl (C=O) groups is 3. The third-order valence-electron chi connectivity index (χ3n) is 4.16. The summed E-state index contributed by atoms with van der Waals surface area (Å²) in [7, 11) is 0. The van der Waals surface area contributed by atoms with Crippen molar-refractivity contribution in [3.05, 3.63) is 69.7 Å². The van der Waals surface area contributed by atoms with Crippen LogP contribution in [0.4, 0.5) is 4.79 Å². The van der Waals surface area contributed by atoms with Crippen LogP contribution in [0.2, 0.25) is 10.0 Å². The van der Waals surface area contributed by atoms with Gasteiger partial charge in [0.1, 0.15) is 5.41 Å². The molecule has 0 bridgehead atoms. The van der Waals surface area contributed by atoms with Crippen molar-refractivity contribution in [2.75, 3.05) is 0 Å². The second kappa shape index (κ2) is 6.86. The summed E-state index contributed by atoms with van der Waals surface area (Å²) < 4.78 is 0. The molecule has 2 N–H and O–H groups in total. The Morgan fingerprint density at radius 3 is 1.40 bits per heavy atom. The van der Waals surface area contributed by atoms with E-state index in [-0.39, 0.29) is 12.8 Å². The molecule has 1 fully saturated rings. The van der Waals surface area contributed by atoms with Gasteiger partial charge in [-0.15, -0.1) is 0 Å². The molecule has 2 aromatic carbocycles. The van der Waals surface area contributed by atoms with Gasteiger partial charge in [0, 0.05) is 10.0 Å². The van der Waals surface area contributed by atoms with Crippen LogP contribution in [0.1, 0.15) is 11.1 Å². The molecule has 5 nitrogen and oxygen atoms in total. The highest BCUT2D eigenvalue weighted by Gasteiger charge is 2.50. The SMILES string of the molecule is O=C1NC(=O)C(Cc2ccc(Cl)cc2)(Cc2ccc(Cl)cc2)C(=O)N1. The first-order valence-corrected chi connectivity index (χ1v) is 8.30. The molecule has 0 unspecified atom stereocenters. The van der Waals surface area contributed by atoms with Gasteiger partial charge in [-0.25, -0.2) is 4.79 Å². The van der Waals surface area contributed by atoms with Crippen LogP contribution >= 0.6 is 23.2 Å². The van der Waals surface area contributed by atoms with E-state index >= 15 is 0 Å². The van der Waals surface area contributed by atoms with E-state index in [1.165, 1.54) is 0 Å². The number of imide groups is 2. The molecule has 0 atom stereocenters. The summed E-state index contributed by atoms with van der Waals surface area (Å²) >= 11 is 11.8. The third kappa shape index (κ3) is 3.67. The molecule has 0 radical (unpaired) electrons. The molecule has 1 aliphatic heterocycles. The molecule has 1 heterocycles. The maximum atomic E-state index is 12.6. The normalized spacial score (nSPS) is 16.3. The Bertz CT molecular complexity index is 763. The van der Waals surface area contributed by atoms with E-state index in [0.29, 0.717) is 10.0 Å². The van der Waals surface area contributed by atoms with Crippen LogP contribution in [-0.2, 0) is 22.4 Å². The maximum Gasteiger partial charge on any atom is 0.328 e. The second-order valence-corrected chi connectivity index (χ2v) is 6.80. The van der Waals surface area contributed by atoms with Crippen LogP contribution in [-0.4, -0.2) is 17.8 Å². The highest BCUT2D eigenvalue weighted by Crippen LogP contribution is 2.31. The minimum absolute atomic E-state index is 0.137. The molecular weight excluding hydrogens is 363 g/mol. The van der Waals surface area contributed by atoms with Gasteiger partial charge >= 0.3 is 6.03 Å². The summed E-state index contributed by atoms with van der Waals surface area (Å²) in [5.74, 6) is -1.24. The summed E-state index contributed by atoms with van der Waals surface area (Å²) in [5.41, 5.74) is 0.0891. The summed E-state index contributed by atoms with van der Waals surface area (Å²) in [6, 6.07) is 13.0. The molecular formula is C18H14Cl2N2O3. The van der Waals surface area contributed by atoms with Gasteiger partial charge in [0.05, 0.1) is 0 Å². The van der Waals surface area contributed by atoms with Gasteiger partial charge in [-0.3, -0.25) is 20.2 Å². The smallest absolute Gasteiger partial charge is 0.277 e. The molecule has 1 aliphatic rings. The summed E-state index contributed by atoms with van der Waals surface area (Å²) in [6.45, 7) is 0. The fraction of sp³-hybridized carbons (Fsp3) is 0.167. The van der Waals surface area contributed by atoms with Crippen LogP contribution in [0.25, 0.3) is 0 Å². The molecule has 25 heavy (non-hydrogen) atoms. The average Bonchev–Trinajstić information content (AvgIpc) is 2.56. The van der Waals surface area contributed by atoms with Gasteiger partial charge in [-0.05, 0) is 48.2 Å². The number of rotatable bonds is 4. The minimum Gasteiger partial charge on any atom is -0.277 e. The Morgan fingerprint density at radius 1 is 0.680 bits per heavy atom. The van der Waals surface area contributed by atoms with Gasteiger partial charge in [0.2, 0.25) is 11.8 Å². The Hall–Kier alpha value is -2.37. The quantitative estimate of drug-likeness (QED) is 0.804. The van der Waals surface area contributed by atoms with Gasteiger partial charge < -0.3 is 0 Å². The second-order valence-electron chi connectivity index (χ2n) is 5.93. The largest absolute Gasteiger partial charge is 0.328 e. The highest BCUT2D eigenvalue weighted by molar-refractivity contribution is 6.30. The molecule has 7 heteroatoms.